The van der Waals surface area contributed by atoms with Gasteiger partial charge in [0.2, 0.25) is 0 Å². The molecule has 0 spiro atoms. The van der Waals surface area contributed by atoms with E-state index in [1.165, 1.54) is 18.9 Å². The fraction of sp³-hybridized carbons (Fsp3) is 0.154. The number of methoxy groups -OCH3 is 2. The highest BCUT2D eigenvalue weighted by Crippen LogP contribution is 2.37. The molecule has 0 amide bonds. The highest BCUT2D eigenvalue weighted by molar-refractivity contribution is 7.98. The molecule has 5 nitrogen and oxygen atoms in total. The minimum Gasteiger partial charge on any atom is -0.497 e. The zero-order valence-corrected chi connectivity index (χ0v) is 18.7. The first-order chi connectivity index (χ1) is 15.7. The number of para-hydroxylation sites is 1. The first kappa shape index (κ1) is 21.7. The van der Waals surface area contributed by atoms with E-state index in [1.807, 2.05) is 78.9 Å². The molecule has 0 N–H and O–H groups in total. The predicted octanol–water partition coefficient (Wildman–Crippen LogP) is 5.90. The van der Waals surface area contributed by atoms with Gasteiger partial charge in [0.25, 0.3) is 0 Å². The van der Waals surface area contributed by atoms with Crippen LogP contribution in [0.2, 0.25) is 0 Å². The maximum atomic E-state index is 12.8. The van der Waals surface area contributed by atoms with Crippen molar-refractivity contribution in [1.82, 2.24) is 4.98 Å². The molecule has 0 saturated carbocycles. The van der Waals surface area contributed by atoms with Crippen LogP contribution in [0.1, 0.15) is 21.5 Å². The van der Waals surface area contributed by atoms with Gasteiger partial charge in [0.15, 0.2) is 0 Å². The quantitative estimate of drug-likeness (QED) is 0.249. The molecule has 0 saturated heterocycles. The maximum absolute atomic E-state index is 12.8. The van der Waals surface area contributed by atoms with Gasteiger partial charge in [0.05, 0.1) is 19.7 Å². The summed E-state index contributed by atoms with van der Waals surface area (Å²) in [4.78, 5) is 17.6. The number of ether oxygens (including phenoxy) is 3. The van der Waals surface area contributed by atoms with Gasteiger partial charge >= 0.3 is 5.97 Å². The van der Waals surface area contributed by atoms with Gasteiger partial charge in [-0.1, -0.05) is 54.6 Å². The molecular formula is C26H23NO4S. The Bertz CT molecular complexity index is 1230. The summed E-state index contributed by atoms with van der Waals surface area (Å²) in [6, 6.07) is 25.4. The van der Waals surface area contributed by atoms with E-state index in [2.05, 4.69) is 0 Å². The molecule has 1 aromatic heterocycles. The number of thioether (sulfide) groups is 1. The molecule has 0 fully saturated rings. The van der Waals surface area contributed by atoms with Crippen molar-refractivity contribution < 1.29 is 19.0 Å². The number of hydrogen-bond donors (Lipinski definition) is 0. The minimum atomic E-state index is -0.473. The van der Waals surface area contributed by atoms with Crippen LogP contribution < -0.4 is 9.47 Å². The van der Waals surface area contributed by atoms with E-state index >= 15 is 0 Å². The number of fused-ring (bicyclic) bond motifs is 1. The Balaban J connectivity index is 1.74. The van der Waals surface area contributed by atoms with Crippen molar-refractivity contribution in [2.45, 2.75) is 17.4 Å². The third kappa shape index (κ3) is 4.86. The first-order valence-electron chi connectivity index (χ1n) is 10.1. The summed E-state index contributed by atoms with van der Waals surface area (Å²) in [5.41, 5.74) is 3.17. The number of aromatic nitrogens is 1. The Morgan fingerprint density at radius 3 is 2.44 bits per heavy atom. The van der Waals surface area contributed by atoms with Crippen LogP contribution in [0.25, 0.3) is 10.9 Å². The minimum absolute atomic E-state index is 0.276. The Morgan fingerprint density at radius 1 is 0.906 bits per heavy atom. The molecule has 0 bridgehead atoms. The number of rotatable bonds is 8. The maximum Gasteiger partial charge on any atom is 0.344 e. The number of benzene rings is 3. The monoisotopic (exact) mass is 445 g/mol. The number of nitrogens with zero attached hydrogens (tertiary/aromatic N) is 1. The van der Waals surface area contributed by atoms with Crippen molar-refractivity contribution in [3.63, 3.8) is 0 Å². The summed E-state index contributed by atoms with van der Waals surface area (Å²) < 4.78 is 16.7. The van der Waals surface area contributed by atoms with Crippen LogP contribution in [0.3, 0.4) is 0 Å². The summed E-state index contributed by atoms with van der Waals surface area (Å²) in [7, 11) is 3.00. The van der Waals surface area contributed by atoms with E-state index in [0.717, 1.165) is 27.8 Å². The zero-order valence-electron chi connectivity index (χ0n) is 17.9. The zero-order chi connectivity index (χ0) is 22.3. The molecule has 162 valence electrons. The van der Waals surface area contributed by atoms with E-state index in [0.29, 0.717) is 22.1 Å². The fourth-order valence-corrected chi connectivity index (χ4v) is 4.32. The van der Waals surface area contributed by atoms with Gasteiger partial charge in [-0.25, -0.2) is 9.78 Å². The third-order valence-corrected chi connectivity index (χ3v) is 5.98. The van der Waals surface area contributed by atoms with Crippen LogP contribution in [-0.4, -0.2) is 25.2 Å². The molecule has 0 atom stereocenters. The molecule has 3 aromatic carbocycles. The normalized spacial score (nSPS) is 10.7. The average molecular weight is 446 g/mol. The van der Waals surface area contributed by atoms with Crippen LogP contribution >= 0.6 is 11.8 Å². The number of carbonyl (C=O) groups is 1. The molecule has 32 heavy (non-hydrogen) atoms. The van der Waals surface area contributed by atoms with E-state index < -0.39 is 5.97 Å². The second-order valence-corrected chi connectivity index (χ2v) is 8.01. The van der Waals surface area contributed by atoms with Crippen molar-refractivity contribution in [3.8, 4) is 11.5 Å². The molecule has 4 rings (SSSR count). The van der Waals surface area contributed by atoms with E-state index in [9.17, 15) is 4.79 Å². The van der Waals surface area contributed by atoms with Crippen LogP contribution in [0.5, 0.6) is 11.5 Å². The van der Waals surface area contributed by atoms with Crippen LogP contribution in [0.4, 0.5) is 0 Å². The first-order valence-corrected chi connectivity index (χ1v) is 11.1. The lowest BCUT2D eigenvalue weighted by atomic mass is 10.1. The van der Waals surface area contributed by atoms with Crippen LogP contribution in [-0.2, 0) is 17.1 Å². The molecule has 0 aliphatic heterocycles. The van der Waals surface area contributed by atoms with Crippen molar-refractivity contribution >= 4 is 28.6 Å². The van der Waals surface area contributed by atoms with Crippen molar-refractivity contribution in [2.75, 3.05) is 14.2 Å². The predicted molar refractivity (Wildman–Crippen MR) is 126 cm³/mol. The summed E-state index contributed by atoms with van der Waals surface area (Å²) in [6.07, 6.45) is 0. The SMILES string of the molecule is COC(=O)c1c(SCc2ccccc2)nc2ccccc2c1OCc1cccc(OC)c1. The summed E-state index contributed by atoms with van der Waals surface area (Å²) in [5, 5.41) is 1.35. The van der Waals surface area contributed by atoms with Crippen LogP contribution in [0, 0.1) is 0 Å². The Morgan fingerprint density at radius 2 is 1.66 bits per heavy atom. The van der Waals surface area contributed by atoms with E-state index in [4.69, 9.17) is 19.2 Å². The molecule has 0 aliphatic carbocycles. The lowest BCUT2D eigenvalue weighted by Gasteiger charge is -2.16. The van der Waals surface area contributed by atoms with Crippen molar-refractivity contribution in [3.05, 3.63) is 95.6 Å². The molecule has 0 radical (unpaired) electrons. The lowest BCUT2D eigenvalue weighted by molar-refractivity contribution is 0.0590. The molecule has 0 unspecified atom stereocenters. The summed E-state index contributed by atoms with van der Waals surface area (Å²) >= 11 is 1.49. The highest BCUT2D eigenvalue weighted by Gasteiger charge is 2.24. The number of hydrogen-bond acceptors (Lipinski definition) is 6. The average Bonchev–Trinajstić information content (AvgIpc) is 2.86. The van der Waals surface area contributed by atoms with Gasteiger partial charge in [-0.15, -0.1) is 11.8 Å². The van der Waals surface area contributed by atoms with Crippen molar-refractivity contribution in [1.29, 1.82) is 0 Å². The van der Waals surface area contributed by atoms with E-state index in [1.54, 1.807) is 7.11 Å². The number of esters is 1. The topological polar surface area (TPSA) is 57.7 Å². The van der Waals surface area contributed by atoms with Gasteiger partial charge in [-0.3, -0.25) is 0 Å². The highest BCUT2D eigenvalue weighted by atomic mass is 32.2. The lowest BCUT2D eigenvalue weighted by Crippen LogP contribution is -2.10. The standard InChI is InChI=1S/C26H23NO4S/c1-29-20-12-8-11-19(15-20)16-31-24-21-13-6-7-14-22(21)27-25(23(24)26(28)30-2)32-17-18-9-4-3-5-10-18/h3-15H,16-17H2,1-2H3. The Hall–Kier alpha value is -3.51. The molecule has 0 aliphatic rings. The summed E-state index contributed by atoms with van der Waals surface area (Å²) in [6.45, 7) is 0.276. The van der Waals surface area contributed by atoms with Gasteiger partial charge in [-0.2, -0.15) is 0 Å². The van der Waals surface area contributed by atoms with Gasteiger partial charge in [0.1, 0.15) is 28.7 Å². The largest absolute Gasteiger partial charge is 0.497 e. The molecular weight excluding hydrogens is 422 g/mol. The summed E-state index contributed by atoms with van der Waals surface area (Å²) in [5.74, 6) is 1.42. The second kappa shape index (κ2) is 10.2. The van der Waals surface area contributed by atoms with Gasteiger partial charge in [0, 0.05) is 11.1 Å². The van der Waals surface area contributed by atoms with Crippen LogP contribution in [0.15, 0.2) is 83.9 Å². The Labute approximate surface area is 191 Å². The number of pyridine rings is 1. The number of carbonyl (C=O) groups excluding carboxylic acids is 1. The van der Waals surface area contributed by atoms with Gasteiger partial charge in [-0.05, 0) is 35.4 Å². The smallest absolute Gasteiger partial charge is 0.344 e. The fourth-order valence-electron chi connectivity index (χ4n) is 3.34. The second-order valence-electron chi connectivity index (χ2n) is 7.04. The Kier molecular flexibility index (Phi) is 6.92. The van der Waals surface area contributed by atoms with Crippen molar-refractivity contribution in [2.24, 2.45) is 0 Å². The van der Waals surface area contributed by atoms with E-state index in [-0.39, 0.29) is 6.61 Å². The third-order valence-electron chi connectivity index (χ3n) is 4.94. The molecule has 4 aromatic rings. The molecule has 6 heteroatoms. The molecule has 1 heterocycles. The van der Waals surface area contributed by atoms with Gasteiger partial charge < -0.3 is 14.2 Å².